The first-order valence-electron chi connectivity index (χ1n) is 8.36. The lowest BCUT2D eigenvalue weighted by atomic mass is 10.1. The van der Waals surface area contributed by atoms with Crippen molar-refractivity contribution in [1.29, 1.82) is 0 Å². The highest BCUT2D eigenvalue weighted by Crippen LogP contribution is 2.35. The lowest BCUT2D eigenvalue weighted by Gasteiger charge is -2.37. The van der Waals surface area contributed by atoms with Crippen molar-refractivity contribution in [2.45, 2.75) is 26.1 Å². The number of piperazine rings is 1. The molecule has 0 bridgehead atoms. The Balaban J connectivity index is 2.07. The van der Waals surface area contributed by atoms with Crippen molar-refractivity contribution in [2.75, 3.05) is 31.1 Å². The fraction of sp³-hybridized carbons (Fsp3) is 0.471. The van der Waals surface area contributed by atoms with Gasteiger partial charge >= 0.3 is 12.1 Å². The summed E-state index contributed by atoms with van der Waals surface area (Å²) in [4.78, 5) is 31.9. The first-order chi connectivity index (χ1) is 12.6. The Morgan fingerprint density at radius 1 is 1.22 bits per heavy atom. The maximum Gasteiger partial charge on any atom is 0.416 e. The van der Waals surface area contributed by atoms with Crippen LogP contribution in [0.5, 0.6) is 0 Å². The number of hydrogen-bond acceptors (Lipinski definition) is 6. The van der Waals surface area contributed by atoms with Crippen LogP contribution in [0.2, 0.25) is 0 Å². The number of fused-ring (bicyclic) bond motifs is 1. The molecule has 0 atom stereocenters. The van der Waals surface area contributed by atoms with Crippen LogP contribution in [0.25, 0.3) is 10.1 Å². The van der Waals surface area contributed by atoms with Crippen molar-refractivity contribution in [2.24, 2.45) is 0 Å². The van der Waals surface area contributed by atoms with Gasteiger partial charge in [0.1, 0.15) is 0 Å². The third-order valence-electron chi connectivity index (χ3n) is 4.58. The number of carboxylic acid groups (broad SMARTS) is 1. The van der Waals surface area contributed by atoms with Crippen LogP contribution in [0.3, 0.4) is 0 Å². The van der Waals surface area contributed by atoms with Crippen molar-refractivity contribution in [3.8, 4) is 0 Å². The lowest BCUT2D eigenvalue weighted by molar-refractivity contribution is -0.137. The fourth-order valence-corrected chi connectivity index (χ4v) is 4.18. The Kier molecular flexibility index (Phi) is 5.13. The van der Waals surface area contributed by atoms with Gasteiger partial charge < -0.3 is 10.0 Å². The molecule has 3 rings (SSSR count). The number of alkyl halides is 3. The van der Waals surface area contributed by atoms with Crippen LogP contribution in [0.4, 0.5) is 18.3 Å². The number of anilines is 1. The van der Waals surface area contributed by atoms with E-state index in [9.17, 15) is 27.9 Å². The van der Waals surface area contributed by atoms with Gasteiger partial charge in [0.25, 0.3) is 5.56 Å². The third kappa shape index (κ3) is 3.91. The highest BCUT2D eigenvalue weighted by Gasteiger charge is 2.33. The van der Waals surface area contributed by atoms with E-state index in [0.717, 1.165) is 24.4 Å². The summed E-state index contributed by atoms with van der Waals surface area (Å²) in [5.74, 6) is -1.51. The van der Waals surface area contributed by atoms with E-state index in [0.29, 0.717) is 36.4 Å². The largest absolute Gasteiger partial charge is 0.478 e. The van der Waals surface area contributed by atoms with E-state index >= 15 is 0 Å². The normalized spacial score (nSPS) is 16.3. The average molecular weight is 401 g/mol. The van der Waals surface area contributed by atoms with Crippen LogP contribution in [0.1, 0.15) is 29.8 Å². The van der Waals surface area contributed by atoms with E-state index in [1.165, 1.54) is 0 Å². The van der Waals surface area contributed by atoms with Gasteiger partial charge in [-0.15, -0.1) is 0 Å². The standard InChI is InChI=1S/C17H18F3N3O3S/c1-9(2)22-3-5-23(6-4-22)16-21-14(24)11-7-10(17(18,19)20)8-12(15(25)26)13(11)27-16/h7-9H,3-6H2,1-2H3,(H,25,26). The average Bonchev–Trinajstić information content (AvgIpc) is 2.60. The van der Waals surface area contributed by atoms with Gasteiger partial charge in [-0.2, -0.15) is 18.2 Å². The summed E-state index contributed by atoms with van der Waals surface area (Å²) in [6.07, 6.45) is -4.75. The minimum Gasteiger partial charge on any atom is -0.478 e. The van der Waals surface area contributed by atoms with E-state index in [2.05, 4.69) is 23.7 Å². The summed E-state index contributed by atoms with van der Waals surface area (Å²) in [7, 11) is 0. The van der Waals surface area contributed by atoms with E-state index in [-0.39, 0.29) is 10.1 Å². The molecular formula is C17H18F3N3O3S. The van der Waals surface area contributed by atoms with E-state index in [4.69, 9.17) is 0 Å². The van der Waals surface area contributed by atoms with E-state index in [1.807, 2.05) is 4.90 Å². The predicted molar refractivity (Wildman–Crippen MR) is 96.8 cm³/mol. The number of aromatic nitrogens is 1. The topological polar surface area (TPSA) is 73.7 Å². The Hall–Kier alpha value is -2.20. The molecule has 1 saturated heterocycles. The molecule has 1 aliphatic rings. The maximum atomic E-state index is 13.0. The summed E-state index contributed by atoms with van der Waals surface area (Å²) >= 11 is 0.940. The van der Waals surface area contributed by atoms with E-state index < -0.39 is 28.8 Å². The van der Waals surface area contributed by atoms with Gasteiger partial charge in [-0.3, -0.25) is 9.69 Å². The molecule has 0 unspecified atom stereocenters. The molecule has 146 valence electrons. The van der Waals surface area contributed by atoms with Crippen LogP contribution in [0, 0.1) is 0 Å². The highest BCUT2D eigenvalue weighted by molar-refractivity contribution is 7.22. The van der Waals surface area contributed by atoms with Crippen molar-refractivity contribution in [1.82, 2.24) is 9.88 Å². The molecule has 6 nitrogen and oxygen atoms in total. The van der Waals surface area contributed by atoms with Crippen LogP contribution >= 0.6 is 11.3 Å². The summed E-state index contributed by atoms with van der Waals surface area (Å²) in [6.45, 7) is 6.90. The highest BCUT2D eigenvalue weighted by atomic mass is 32.1. The molecule has 27 heavy (non-hydrogen) atoms. The second kappa shape index (κ2) is 7.08. The van der Waals surface area contributed by atoms with Gasteiger partial charge in [0, 0.05) is 32.2 Å². The van der Waals surface area contributed by atoms with Gasteiger partial charge in [-0.25, -0.2) is 4.79 Å². The number of carbonyl (C=O) groups is 1. The lowest BCUT2D eigenvalue weighted by Crippen LogP contribution is -2.49. The van der Waals surface area contributed by atoms with Crippen LogP contribution < -0.4 is 10.5 Å². The summed E-state index contributed by atoms with van der Waals surface area (Å²) in [6, 6.07) is 1.63. The molecule has 0 spiro atoms. The zero-order valence-electron chi connectivity index (χ0n) is 14.7. The SMILES string of the molecule is CC(C)N1CCN(c2nc(=O)c3cc(C(F)(F)F)cc(C(=O)O)c3s2)CC1. The summed E-state index contributed by atoms with van der Waals surface area (Å²) < 4.78 is 39.1. The van der Waals surface area contributed by atoms with Crippen LogP contribution in [0.15, 0.2) is 16.9 Å². The van der Waals surface area contributed by atoms with Gasteiger partial charge in [0.2, 0.25) is 0 Å². The molecule has 0 amide bonds. The second-order valence-corrected chi connectivity index (χ2v) is 7.60. The third-order valence-corrected chi connectivity index (χ3v) is 5.76. The van der Waals surface area contributed by atoms with Gasteiger partial charge in [-0.05, 0) is 26.0 Å². The number of benzene rings is 1. The molecule has 1 N–H and O–H groups in total. The Morgan fingerprint density at radius 2 is 1.85 bits per heavy atom. The molecule has 1 aromatic carbocycles. The number of rotatable bonds is 3. The number of carboxylic acids is 1. The molecule has 1 fully saturated rings. The monoisotopic (exact) mass is 401 g/mol. The van der Waals surface area contributed by atoms with Gasteiger partial charge in [0.15, 0.2) is 5.13 Å². The van der Waals surface area contributed by atoms with E-state index in [1.54, 1.807) is 0 Å². The summed E-state index contributed by atoms with van der Waals surface area (Å²) in [5, 5.41) is 9.37. The zero-order chi connectivity index (χ0) is 19.9. The first kappa shape index (κ1) is 19.6. The molecule has 10 heteroatoms. The van der Waals surface area contributed by atoms with Crippen molar-refractivity contribution in [3.63, 3.8) is 0 Å². The van der Waals surface area contributed by atoms with Crippen molar-refractivity contribution < 1.29 is 23.1 Å². The molecule has 0 saturated carbocycles. The fourth-order valence-electron chi connectivity index (χ4n) is 3.05. The zero-order valence-corrected chi connectivity index (χ0v) is 15.5. The molecular weight excluding hydrogens is 383 g/mol. The molecule has 1 aliphatic heterocycles. The smallest absolute Gasteiger partial charge is 0.416 e. The predicted octanol–water partition coefficient (Wildman–Crippen LogP) is 2.90. The first-order valence-corrected chi connectivity index (χ1v) is 9.18. The molecule has 2 aromatic rings. The minimum absolute atomic E-state index is 0.0109. The molecule has 0 radical (unpaired) electrons. The number of hydrogen-bond donors (Lipinski definition) is 1. The molecule has 1 aromatic heterocycles. The number of nitrogens with zero attached hydrogens (tertiary/aromatic N) is 3. The number of aromatic carboxylic acids is 1. The Labute approximate surface area is 156 Å². The van der Waals surface area contributed by atoms with Crippen molar-refractivity contribution >= 4 is 32.5 Å². The van der Waals surface area contributed by atoms with Crippen LogP contribution in [-0.4, -0.2) is 53.2 Å². The Morgan fingerprint density at radius 3 is 2.37 bits per heavy atom. The number of halogens is 3. The quantitative estimate of drug-likeness (QED) is 0.853. The Bertz CT molecular complexity index is 935. The maximum absolute atomic E-state index is 13.0. The van der Waals surface area contributed by atoms with Crippen molar-refractivity contribution in [3.05, 3.63) is 33.6 Å². The molecule has 2 heterocycles. The molecule has 0 aliphatic carbocycles. The minimum atomic E-state index is -4.75. The summed E-state index contributed by atoms with van der Waals surface area (Å²) in [5.41, 5.74) is -2.55. The van der Waals surface area contributed by atoms with Gasteiger partial charge in [0.05, 0.1) is 21.2 Å². The van der Waals surface area contributed by atoms with Crippen LogP contribution in [-0.2, 0) is 6.18 Å². The van der Waals surface area contributed by atoms with Gasteiger partial charge in [-0.1, -0.05) is 11.3 Å². The second-order valence-electron chi connectivity index (χ2n) is 6.62.